The molecule has 0 saturated carbocycles. The van der Waals surface area contributed by atoms with Gasteiger partial charge in [0.1, 0.15) is 0 Å². The summed E-state index contributed by atoms with van der Waals surface area (Å²) in [7, 11) is 3.26. The van der Waals surface area contributed by atoms with Gasteiger partial charge in [-0.15, -0.1) is 0 Å². The second-order valence-electron chi connectivity index (χ2n) is 8.83. The molecular formula is C26H31NO5. The average Bonchev–Trinajstić information content (AvgIpc) is 2.82. The van der Waals surface area contributed by atoms with Gasteiger partial charge in [0.2, 0.25) is 0 Å². The monoisotopic (exact) mass is 437 g/mol. The van der Waals surface area contributed by atoms with Crippen molar-refractivity contribution in [3.05, 3.63) is 59.2 Å². The van der Waals surface area contributed by atoms with Gasteiger partial charge in [-0.25, -0.2) is 4.79 Å². The van der Waals surface area contributed by atoms with Crippen molar-refractivity contribution in [2.24, 2.45) is 0 Å². The Hall–Kier alpha value is -3.02. The van der Waals surface area contributed by atoms with Crippen LogP contribution in [0.5, 0.6) is 11.5 Å². The van der Waals surface area contributed by atoms with Crippen molar-refractivity contribution in [1.82, 2.24) is 4.90 Å². The summed E-state index contributed by atoms with van der Waals surface area (Å²) in [6.45, 7) is 2.45. The number of rotatable bonds is 6. The predicted octanol–water partition coefficient (Wildman–Crippen LogP) is 4.19. The number of likely N-dealkylation sites (tertiary alicyclic amines) is 1. The molecule has 0 aliphatic carbocycles. The first-order chi connectivity index (χ1) is 15.4. The molecule has 2 heterocycles. The second kappa shape index (κ2) is 9.23. The van der Waals surface area contributed by atoms with Gasteiger partial charge in [-0.05, 0) is 68.4 Å². The minimum Gasteiger partial charge on any atom is -0.493 e. The highest BCUT2D eigenvalue weighted by Gasteiger charge is 2.46. The molecule has 32 heavy (non-hydrogen) atoms. The lowest BCUT2D eigenvalue weighted by atomic mass is 9.87. The minimum absolute atomic E-state index is 0.0858. The number of carbonyl (C=O) groups is 2. The van der Waals surface area contributed by atoms with Gasteiger partial charge >= 0.3 is 5.97 Å². The van der Waals surface area contributed by atoms with Crippen LogP contribution < -0.4 is 9.47 Å². The van der Waals surface area contributed by atoms with Crippen molar-refractivity contribution in [3.63, 3.8) is 0 Å². The molecule has 6 heteroatoms. The zero-order valence-electron chi connectivity index (χ0n) is 19.1. The number of cyclic esters (lactones) is 1. The maximum atomic E-state index is 13.6. The molecule has 2 atom stereocenters. The van der Waals surface area contributed by atoms with E-state index in [1.54, 1.807) is 27.2 Å². The average molecular weight is 438 g/mol. The number of hydrogen-bond acceptors (Lipinski definition) is 5. The molecule has 2 aliphatic rings. The first-order valence-corrected chi connectivity index (χ1v) is 11.3. The molecule has 1 amide bonds. The number of nitrogens with zero attached hydrogens (tertiary/aromatic N) is 1. The van der Waals surface area contributed by atoms with Crippen LogP contribution in [0.25, 0.3) is 0 Å². The van der Waals surface area contributed by atoms with E-state index in [1.807, 2.05) is 41.3 Å². The molecule has 2 aliphatic heterocycles. The number of benzene rings is 2. The zero-order valence-corrected chi connectivity index (χ0v) is 19.1. The van der Waals surface area contributed by atoms with E-state index < -0.39 is 11.6 Å². The van der Waals surface area contributed by atoms with Gasteiger partial charge in [0.15, 0.2) is 17.1 Å². The molecule has 0 spiro atoms. The van der Waals surface area contributed by atoms with Crippen molar-refractivity contribution in [1.29, 1.82) is 0 Å². The number of ether oxygens (including phenoxy) is 3. The van der Waals surface area contributed by atoms with Crippen LogP contribution in [-0.2, 0) is 22.4 Å². The number of fused-ring (bicyclic) bond motifs is 1. The summed E-state index contributed by atoms with van der Waals surface area (Å²) >= 11 is 0. The SMILES string of the molecule is COc1ccc(CCC2CCCCN2C(=O)C2(C)Cc3ccccc3C(=O)O2)cc1OC. The first kappa shape index (κ1) is 22.2. The van der Waals surface area contributed by atoms with Crippen LogP contribution in [0.4, 0.5) is 0 Å². The van der Waals surface area contributed by atoms with Gasteiger partial charge in [0.05, 0.1) is 19.8 Å². The van der Waals surface area contributed by atoms with E-state index in [0.717, 1.165) is 43.2 Å². The number of amides is 1. The summed E-state index contributed by atoms with van der Waals surface area (Å²) in [6.07, 6.45) is 5.11. The molecule has 1 fully saturated rings. The molecule has 170 valence electrons. The summed E-state index contributed by atoms with van der Waals surface area (Å²) in [5, 5.41) is 0. The van der Waals surface area contributed by atoms with Crippen molar-refractivity contribution in [2.45, 2.75) is 57.1 Å². The first-order valence-electron chi connectivity index (χ1n) is 11.3. The Morgan fingerprint density at radius 1 is 1.12 bits per heavy atom. The van der Waals surface area contributed by atoms with Gasteiger partial charge in [-0.3, -0.25) is 4.79 Å². The molecule has 2 aromatic carbocycles. The summed E-state index contributed by atoms with van der Waals surface area (Å²) < 4.78 is 16.5. The highest BCUT2D eigenvalue weighted by atomic mass is 16.6. The lowest BCUT2D eigenvalue weighted by Gasteiger charge is -2.42. The molecule has 6 nitrogen and oxygen atoms in total. The number of methoxy groups -OCH3 is 2. The molecular weight excluding hydrogens is 406 g/mol. The van der Waals surface area contributed by atoms with Crippen LogP contribution in [0.3, 0.4) is 0 Å². The van der Waals surface area contributed by atoms with E-state index in [2.05, 4.69) is 0 Å². The molecule has 0 radical (unpaired) electrons. The number of esters is 1. The third-order valence-corrected chi connectivity index (χ3v) is 6.64. The molecule has 2 aromatic rings. The van der Waals surface area contributed by atoms with Crippen molar-refractivity contribution in [3.8, 4) is 11.5 Å². The van der Waals surface area contributed by atoms with Crippen molar-refractivity contribution < 1.29 is 23.8 Å². The van der Waals surface area contributed by atoms with Gasteiger partial charge in [0.25, 0.3) is 5.91 Å². The highest BCUT2D eigenvalue weighted by molar-refractivity contribution is 5.97. The summed E-state index contributed by atoms with van der Waals surface area (Å²) in [6, 6.07) is 13.5. The Kier molecular flexibility index (Phi) is 6.40. The second-order valence-corrected chi connectivity index (χ2v) is 8.83. The summed E-state index contributed by atoms with van der Waals surface area (Å²) in [4.78, 5) is 28.2. The van der Waals surface area contributed by atoms with E-state index in [9.17, 15) is 9.59 Å². The van der Waals surface area contributed by atoms with E-state index in [1.165, 1.54) is 0 Å². The smallest absolute Gasteiger partial charge is 0.339 e. The standard InChI is InChI=1S/C26H31NO5/c1-26(17-19-8-4-5-10-21(19)24(28)32-26)25(29)27-15-7-6-9-20(27)13-11-18-12-14-22(30-2)23(16-18)31-3/h4-5,8,10,12,14,16,20H,6-7,9,11,13,15,17H2,1-3H3. The third-order valence-electron chi connectivity index (χ3n) is 6.64. The Balaban J connectivity index is 1.49. The zero-order chi connectivity index (χ0) is 22.7. The number of aryl methyl sites for hydroxylation is 1. The van der Waals surface area contributed by atoms with Crippen LogP contribution in [0.15, 0.2) is 42.5 Å². The largest absolute Gasteiger partial charge is 0.493 e. The predicted molar refractivity (Wildman–Crippen MR) is 121 cm³/mol. The normalized spacial score (nSPS) is 22.7. The fourth-order valence-electron chi connectivity index (χ4n) is 4.89. The highest BCUT2D eigenvalue weighted by Crippen LogP contribution is 2.33. The van der Waals surface area contributed by atoms with Gasteiger partial charge in [-0.2, -0.15) is 0 Å². The van der Waals surface area contributed by atoms with Crippen LogP contribution in [-0.4, -0.2) is 49.2 Å². The topological polar surface area (TPSA) is 65.1 Å². The van der Waals surface area contributed by atoms with Gasteiger partial charge < -0.3 is 19.1 Å². The van der Waals surface area contributed by atoms with Crippen LogP contribution in [0.1, 0.15) is 54.1 Å². The maximum Gasteiger partial charge on any atom is 0.339 e. The van der Waals surface area contributed by atoms with Crippen molar-refractivity contribution in [2.75, 3.05) is 20.8 Å². The van der Waals surface area contributed by atoms with Crippen LogP contribution >= 0.6 is 0 Å². The summed E-state index contributed by atoms with van der Waals surface area (Å²) in [5.74, 6) is 0.916. The fourth-order valence-corrected chi connectivity index (χ4v) is 4.89. The van der Waals surface area contributed by atoms with Crippen LogP contribution in [0.2, 0.25) is 0 Å². The van der Waals surface area contributed by atoms with E-state index in [-0.39, 0.29) is 11.9 Å². The van der Waals surface area contributed by atoms with Crippen LogP contribution in [0, 0.1) is 0 Å². The molecule has 2 unspecified atom stereocenters. The Morgan fingerprint density at radius 3 is 2.69 bits per heavy atom. The Bertz CT molecular complexity index is 1000. The van der Waals surface area contributed by atoms with Gasteiger partial charge in [0, 0.05) is 19.0 Å². The molecule has 0 N–H and O–H groups in total. The minimum atomic E-state index is -1.16. The number of piperidine rings is 1. The molecule has 1 saturated heterocycles. The summed E-state index contributed by atoms with van der Waals surface area (Å²) in [5.41, 5.74) is 1.41. The Morgan fingerprint density at radius 2 is 1.91 bits per heavy atom. The quantitative estimate of drug-likeness (QED) is 0.634. The van der Waals surface area contributed by atoms with E-state index in [4.69, 9.17) is 14.2 Å². The third kappa shape index (κ3) is 4.31. The lowest BCUT2D eigenvalue weighted by molar-refractivity contribution is -0.155. The molecule has 0 bridgehead atoms. The molecule has 4 rings (SSSR count). The van der Waals surface area contributed by atoms with Crippen molar-refractivity contribution >= 4 is 11.9 Å². The van der Waals surface area contributed by atoms with E-state index in [0.29, 0.717) is 30.0 Å². The number of hydrogen-bond donors (Lipinski definition) is 0. The lowest BCUT2D eigenvalue weighted by Crippen LogP contribution is -2.57. The fraction of sp³-hybridized carbons (Fsp3) is 0.462. The van der Waals surface area contributed by atoms with E-state index >= 15 is 0 Å². The maximum absolute atomic E-state index is 13.6. The molecule has 0 aromatic heterocycles. The Labute approximate surface area is 189 Å². The van der Waals surface area contributed by atoms with Gasteiger partial charge in [-0.1, -0.05) is 24.3 Å². The number of carbonyl (C=O) groups excluding carboxylic acids is 2.